The number of hydrogen-bond acceptors (Lipinski definition) is 5. The molecule has 142 valence electrons. The molecule has 0 aliphatic carbocycles. The van der Waals surface area contributed by atoms with Crippen molar-refractivity contribution in [1.29, 1.82) is 0 Å². The number of amides is 1. The van der Waals surface area contributed by atoms with E-state index in [9.17, 15) is 4.79 Å². The van der Waals surface area contributed by atoms with E-state index in [1.54, 1.807) is 4.90 Å². The summed E-state index contributed by atoms with van der Waals surface area (Å²) in [7, 11) is 0. The monoisotopic (exact) mass is 443 g/mol. The van der Waals surface area contributed by atoms with Crippen LogP contribution in [0.25, 0.3) is 11.1 Å². The van der Waals surface area contributed by atoms with Crippen LogP contribution in [-0.2, 0) is 4.74 Å². The van der Waals surface area contributed by atoms with Gasteiger partial charge in [-0.1, -0.05) is 24.9 Å². The quantitative estimate of drug-likeness (QED) is 0.621. The molecule has 0 N–H and O–H groups in total. The molecule has 2 heterocycles. The Morgan fingerprint density at radius 2 is 2.27 bits per heavy atom. The molecule has 0 saturated carbocycles. The zero-order valence-electron chi connectivity index (χ0n) is 15.2. The molecule has 1 saturated heterocycles. The van der Waals surface area contributed by atoms with Gasteiger partial charge in [0.1, 0.15) is 5.52 Å². The number of unbranched alkanes of at least 4 members (excludes halogenated alkanes) is 1. The molecule has 0 spiro atoms. The van der Waals surface area contributed by atoms with Crippen molar-refractivity contribution >= 4 is 50.7 Å². The molecule has 1 aromatic carbocycles. The van der Waals surface area contributed by atoms with Crippen molar-refractivity contribution in [1.82, 2.24) is 9.88 Å². The third kappa shape index (κ3) is 3.78. The summed E-state index contributed by atoms with van der Waals surface area (Å²) < 4.78 is 12.1. The van der Waals surface area contributed by atoms with E-state index in [0.717, 1.165) is 28.4 Å². The summed E-state index contributed by atoms with van der Waals surface area (Å²) in [5.74, 6) is 0. The van der Waals surface area contributed by atoms with Gasteiger partial charge in [-0.3, -0.25) is 0 Å². The smallest absolute Gasteiger partial charge is 0.409 e. The fourth-order valence-corrected chi connectivity index (χ4v) is 3.88. The Bertz CT molecular complexity index is 811. The number of fused-ring (bicyclic) bond motifs is 1. The van der Waals surface area contributed by atoms with Crippen LogP contribution in [0.15, 0.2) is 15.0 Å². The molecule has 2 aromatic rings. The second-order valence-electron chi connectivity index (χ2n) is 6.60. The lowest BCUT2D eigenvalue weighted by Gasteiger charge is -2.38. The lowest BCUT2D eigenvalue weighted by molar-refractivity contribution is 0.0939. The highest BCUT2D eigenvalue weighted by Crippen LogP contribution is 2.35. The number of piperazine rings is 1. The Morgan fingerprint density at radius 1 is 1.50 bits per heavy atom. The van der Waals surface area contributed by atoms with Gasteiger partial charge in [0, 0.05) is 30.7 Å². The van der Waals surface area contributed by atoms with E-state index < -0.39 is 0 Å². The van der Waals surface area contributed by atoms with Crippen molar-refractivity contribution in [2.24, 2.45) is 0 Å². The zero-order chi connectivity index (χ0) is 18.8. The summed E-state index contributed by atoms with van der Waals surface area (Å²) >= 11 is 9.73. The van der Waals surface area contributed by atoms with Crippen LogP contribution < -0.4 is 4.90 Å². The highest BCUT2D eigenvalue weighted by atomic mass is 79.9. The molecular formula is C18H23BrClN3O3. The molecule has 6 nitrogen and oxygen atoms in total. The second-order valence-corrected chi connectivity index (χ2v) is 7.86. The van der Waals surface area contributed by atoms with Gasteiger partial charge < -0.3 is 19.0 Å². The van der Waals surface area contributed by atoms with Crippen LogP contribution >= 0.6 is 27.5 Å². The van der Waals surface area contributed by atoms with Gasteiger partial charge in [-0.05, 0) is 47.8 Å². The Kier molecular flexibility index (Phi) is 5.97. The first-order valence-corrected chi connectivity index (χ1v) is 10.0. The number of aryl methyl sites for hydroxylation is 1. The van der Waals surface area contributed by atoms with Crippen LogP contribution in [0, 0.1) is 6.92 Å². The van der Waals surface area contributed by atoms with Crippen LogP contribution in [0.5, 0.6) is 0 Å². The predicted molar refractivity (Wildman–Crippen MR) is 106 cm³/mol. The van der Waals surface area contributed by atoms with E-state index in [-0.39, 0.29) is 12.1 Å². The molecule has 8 heteroatoms. The SMILES string of the molecule is CCCCOC(=O)N1CCN(c2nc3c(C)c(Cl)cc(Br)c3o2)C(C)C1. The maximum Gasteiger partial charge on any atom is 0.409 e. The molecular weight excluding hydrogens is 422 g/mol. The van der Waals surface area contributed by atoms with E-state index in [1.165, 1.54) is 0 Å². The maximum atomic E-state index is 12.2. The third-order valence-electron chi connectivity index (χ3n) is 4.65. The van der Waals surface area contributed by atoms with Gasteiger partial charge in [0.25, 0.3) is 6.01 Å². The Balaban J connectivity index is 1.74. The third-order valence-corrected chi connectivity index (χ3v) is 5.64. The summed E-state index contributed by atoms with van der Waals surface area (Å²) in [6.07, 6.45) is 1.66. The number of ether oxygens (including phenoxy) is 1. The van der Waals surface area contributed by atoms with Gasteiger partial charge in [-0.15, -0.1) is 0 Å². The molecule has 26 heavy (non-hydrogen) atoms. The van der Waals surface area contributed by atoms with Crippen molar-refractivity contribution in [3.05, 3.63) is 21.1 Å². The number of carbonyl (C=O) groups is 1. The molecule has 1 unspecified atom stereocenters. The molecule has 1 aliphatic rings. The molecule has 1 atom stereocenters. The van der Waals surface area contributed by atoms with Crippen molar-refractivity contribution in [3.8, 4) is 0 Å². The highest BCUT2D eigenvalue weighted by molar-refractivity contribution is 9.10. The molecule has 1 aromatic heterocycles. The van der Waals surface area contributed by atoms with Crippen LogP contribution in [0.2, 0.25) is 5.02 Å². The van der Waals surface area contributed by atoms with Crippen molar-refractivity contribution in [3.63, 3.8) is 0 Å². The Labute approximate surface area is 166 Å². The van der Waals surface area contributed by atoms with Crippen LogP contribution in [-0.4, -0.2) is 48.3 Å². The fourth-order valence-electron chi connectivity index (χ4n) is 3.05. The first-order chi connectivity index (χ1) is 12.4. The van der Waals surface area contributed by atoms with E-state index in [2.05, 4.69) is 39.7 Å². The van der Waals surface area contributed by atoms with Crippen molar-refractivity contribution in [2.75, 3.05) is 31.1 Å². The summed E-state index contributed by atoms with van der Waals surface area (Å²) in [4.78, 5) is 20.6. The minimum absolute atomic E-state index is 0.0742. The number of benzene rings is 1. The van der Waals surface area contributed by atoms with Crippen LogP contribution in [0.3, 0.4) is 0 Å². The minimum atomic E-state index is -0.243. The van der Waals surface area contributed by atoms with E-state index in [4.69, 9.17) is 20.8 Å². The number of rotatable bonds is 4. The standard InChI is InChI=1S/C18H23BrClN3O3/c1-4-5-8-25-18(24)22-6-7-23(11(2)10-22)17-21-15-12(3)14(20)9-13(19)16(15)26-17/h9,11H,4-8,10H2,1-3H3. The number of halogens is 2. The summed E-state index contributed by atoms with van der Waals surface area (Å²) in [5.41, 5.74) is 2.34. The van der Waals surface area contributed by atoms with Crippen LogP contribution in [0.4, 0.5) is 10.8 Å². The maximum absolute atomic E-state index is 12.2. The number of aromatic nitrogens is 1. The molecule has 0 radical (unpaired) electrons. The average Bonchev–Trinajstić information content (AvgIpc) is 3.05. The van der Waals surface area contributed by atoms with E-state index >= 15 is 0 Å². The first kappa shape index (κ1) is 19.3. The largest absolute Gasteiger partial charge is 0.449 e. The Hall–Kier alpha value is -1.47. The second kappa shape index (κ2) is 8.05. The summed E-state index contributed by atoms with van der Waals surface area (Å²) in [5, 5.41) is 0.650. The summed E-state index contributed by atoms with van der Waals surface area (Å²) in [6.45, 7) is 8.32. The topological polar surface area (TPSA) is 58.8 Å². The lowest BCUT2D eigenvalue weighted by Crippen LogP contribution is -2.54. The van der Waals surface area contributed by atoms with Crippen molar-refractivity contribution in [2.45, 2.75) is 39.7 Å². The van der Waals surface area contributed by atoms with E-state index in [1.807, 2.05) is 13.0 Å². The first-order valence-electron chi connectivity index (χ1n) is 8.85. The Morgan fingerprint density at radius 3 is 2.96 bits per heavy atom. The normalized spacial score (nSPS) is 17.8. The molecule has 1 fully saturated rings. The van der Waals surface area contributed by atoms with Gasteiger partial charge in [0.2, 0.25) is 0 Å². The number of oxazole rings is 1. The van der Waals surface area contributed by atoms with Gasteiger partial charge in [0.15, 0.2) is 5.58 Å². The van der Waals surface area contributed by atoms with Gasteiger partial charge in [0.05, 0.1) is 11.1 Å². The summed E-state index contributed by atoms with van der Waals surface area (Å²) in [6, 6.07) is 2.45. The predicted octanol–water partition coefficient (Wildman–Crippen LogP) is 5.00. The fraction of sp³-hybridized carbons (Fsp3) is 0.556. The number of carbonyl (C=O) groups excluding carboxylic acids is 1. The van der Waals surface area contributed by atoms with Gasteiger partial charge >= 0.3 is 6.09 Å². The van der Waals surface area contributed by atoms with Gasteiger partial charge in [-0.2, -0.15) is 4.98 Å². The highest BCUT2D eigenvalue weighted by Gasteiger charge is 2.30. The number of hydrogen-bond donors (Lipinski definition) is 0. The van der Waals surface area contributed by atoms with Gasteiger partial charge in [-0.25, -0.2) is 4.79 Å². The van der Waals surface area contributed by atoms with E-state index in [0.29, 0.717) is 42.9 Å². The molecule has 3 rings (SSSR count). The average molecular weight is 445 g/mol. The molecule has 1 amide bonds. The minimum Gasteiger partial charge on any atom is -0.449 e. The number of anilines is 1. The van der Waals surface area contributed by atoms with Crippen LogP contribution in [0.1, 0.15) is 32.3 Å². The van der Waals surface area contributed by atoms with Crippen molar-refractivity contribution < 1.29 is 13.9 Å². The molecule has 1 aliphatic heterocycles. The molecule has 0 bridgehead atoms. The number of nitrogens with zero attached hydrogens (tertiary/aromatic N) is 3. The zero-order valence-corrected chi connectivity index (χ0v) is 17.6. The lowest BCUT2D eigenvalue weighted by atomic mass is 10.2.